The third-order valence-corrected chi connectivity index (χ3v) is 4.58. The van der Waals surface area contributed by atoms with Crippen LogP contribution in [0, 0.1) is 0 Å². The van der Waals surface area contributed by atoms with Crippen LogP contribution in [0.1, 0.15) is 5.56 Å². The Hall–Kier alpha value is -2.24. The molecule has 1 N–H and O–H groups in total. The van der Waals surface area contributed by atoms with Gasteiger partial charge in [-0.2, -0.15) is 0 Å². The highest BCUT2D eigenvalue weighted by molar-refractivity contribution is 7.14. The van der Waals surface area contributed by atoms with E-state index in [2.05, 4.69) is 10.3 Å². The van der Waals surface area contributed by atoms with Crippen molar-refractivity contribution in [2.75, 3.05) is 12.1 Å². The van der Waals surface area contributed by atoms with Crippen LogP contribution in [0.3, 0.4) is 0 Å². The first-order valence-corrected chi connectivity index (χ1v) is 8.37. The monoisotopic (exact) mass is 344 g/mol. The zero-order chi connectivity index (χ0) is 15.6. The van der Waals surface area contributed by atoms with Gasteiger partial charge in [0, 0.05) is 22.5 Å². The van der Waals surface area contributed by atoms with Crippen molar-refractivity contribution in [1.82, 2.24) is 4.98 Å². The quantitative estimate of drug-likeness (QED) is 0.738. The number of fused-ring (bicyclic) bond motifs is 1. The van der Waals surface area contributed by atoms with E-state index in [-0.39, 0.29) is 6.79 Å². The molecule has 23 heavy (non-hydrogen) atoms. The Kier molecular flexibility index (Phi) is 3.81. The summed E-state index contributed by atoms with van der Waals surface area (Å²) in [6, 6.07) is 13.6. The lowest BCUT2D eigenvalue weighted by molar-refractivity contribution is 0.174. The van der Waals surface area contributed by atoms with E-state index in [0.717, 1.165) is 38.5 Å². The topological polar surface area (TPSA) is 43.4 Å². The summed E-state index contributed by atoms with van der Waals surface area (Å²) in [6.45, 7) is 0.995. The molecule has 0 saturated heterocycles. The first-order valence-electron chi connectivity index (χ1n) is 7.12. The van der Waals surface area contributed by atoms with Crippen molar-refractivity contribution < 1.29 is 9.47 Å². The molecule has 0 radical (unpaired) electrons. The standard InChI is InChI=1S/C17H13ClN2O2S/c18-13-4-1-11(2-5-13)8-19-17-20-14(9-23-17)12-3-6-15-16(7-12)22-10-21-15/h1-7,9H,8,10H2,(H,19,20). The van der Waals surface area contributed by atoms with Crippen LogP contribution in [-0.4, -0.2) is 11.8 Å². The molecule has 1 aliphatic rings. The minimum Gasteiger partial charge on any atom is -0.454 e. The van der Waals surface area contributed by atoms with Gasteiger partial charge in [-0.25, -0.2) is 4.98 Å². The molecule has 1 aromatic heterocycles. The van der Waals surface area contributed by atoms with Crippen molar-refractivity contribution in [2.24, 2.45) is 0 Å². The van der Waals surface area contributed by atoms with Crippen LogP contribution in [0.4, 0.5) is 5.13 Å². The van der Waals surface area contributed by atoms with Gasteiger partial charge >= 0.3 is 0 Å². The Balaban J connectivity index is 1.47. The predicted molar refractivity (Wildman–Crippen MR) is 92.5 cm³/mol. The lowest BCUT2D eigenvalue weighted by atomic mass is 10.1. The molecule has 0 atom stereocenters. The van der Waals surface area contributed by atoms with E-state index >= 15 is 0 Å². The maximum Gasteiger partial charge on any atom is 0.231 e. The van der Waals surface area contributed by atoms with E-state index in [4.69, 9.17) is 21.1 Å². The normalized spacial score (nSPS) is 12.4. The Morgan fingerprint density at radius 1 is 1.09 bits per heavy atom. The second-order valence-corrected chi connectivity index (χ2v) is 6.38. The highest BCUT2D eigenvalue weighted by atomic mass is 35.5. The molecule has 1 aliphatic heterocycles. The molecule has 0 unspecified atom stereocenters. The van der Waals surface area contributed by atoms with Crippen LogP contribution in [0.5, 0.6) is 11.5 Å². The Bertz CT molecular complexity index is 833. The lowest BCUT2D eigenvalue weighted by Gasteiger charge is -2.03. The summed E-state index contributed by atoms with van der Waals surface area (Å²) < 4.78 is 10.7. The number of anilines is 1. The number of hydrogen-bond donors (Lipinski definition) is 1. The average molecular weight is 345 g/mol. The summed E-state index contributed by atoms with van der Waals surface area (Å²) in [7, 11) is 0. The molecular formula is C17H13ClN2O2S. The molecule has 0 bridgehead atoms. The summed E-state index contributed by atoms with van der Waals surface area (Å²) >= 11 is 7.47. The number of thiazole rings is 1. The third kappa shape index (κ3) is 3.11. The van der Waals surface area contributed by atoms with Gasteiger partial charge in [0.1, 0.15) is 0 Å². The van der Waals surface area contributed by atoms with Crippen LogP contribution >= 0.6 is 22.9 Å². The Labute approximate surface area is 142 Å². The highest BCUT2D eigenvalue weighted by Gasteiger charge is 2.15. The highest BCUT2D eigenvalue weighted by Crippen LogP contribution is 2.36. The maximum absolute atomic E-state index is 5.89. The number of benzene rings is 2. The predicted octanol–water partition coefficient (Wildman–Crippen LogP) is 4.80. The van der Waals surface area contributed by atoms with Gasteiger partial charge in [-0.15, -0.1) is 11.3 Å². The third-order valence-electron chi connectivity index (χ3n) is 3.53. The summed E-state index contributed by atoms with van der Waals surface area (Å²) in [5, 5.41) is 6.99. The van der Waals surface area contributed by atoms with Gasteiger partial charge in [0.15, 0.2) is 16.6 Å². The lowest BCUT2D eigenvalue weighted by Crippen LogP contribution is -1.98. The summed E-state index contributed by atoms with van der Waals surface area (Å²) in [4.78, 5) is 4.62. The molecule has 0 fully saturated rings. The minimum atomic E-state index is 0.281. The SMILES string of the molecule is Clc1ccc(CNc2nc(-c3ccc4c(c3)OCO4)cs2)cc1. The molecule has 2 aromatic carbocycles. The molecule has 0 aliphatic carbocycles. The summed E-state index contributed by atoms with van der Waals surface area (Å²) in [5.41, 5.74) is 3.10. The van der Waals surface area contributed by atoms with Crippen molar-refractivity contribution >= 4 is 28.1 Å². The number of rotatable bonds is 4. The van der Waals surface area contributed by atoms with E-state index in [1.165, 1.54) is 0 Å². The molecule has 3 aromatic rings. The zero-order valence-corrected chi connectivity index (χ0v) is 13.7. The number of aromatic nitrogens is 1. The van der Waals surface area contributed by atoms with Gasteiger partial charge in [-0.1, -0.05) is 23.7 Å². The van der Waals surface area contributed by atoms with Crippen molar-refractivity contribution in [3.05, 3.63) is 58.4 Å². The molecule has 116 valence electrons. The zero-order valence-electron chi connectivity index (χ0n) is 12.1. The first-order chi connectivity index (χ1) is 11.3. The molecule has 0 amide bonds. The molecule has 6 heteroatoms. The van der Waals surface area contributed by atoms with Gasteiger partial charge in [0.05, 0.1) is 5.69 Å². The van der Waals surface area contributed by atoms with Crippen LogP contribution in [0.15, 0.2) is 47.8 Å². The van der Waals surface area contributed by atoms with E-state index in [9.17, 15) is 0 Å². The first kappa shape index (κ1) is 14.4. The Morgan fingerprint density at radius 2 is 1.91 bits per heavy atom. The molecule has 4 nitrogen and oxygen atoms in total. The summed E-state index contributed by atoms with van der Waals surface area (Å²) in [6.07, 6.45) is 0. The molecule has 2 heterocycles. The minimum absolute atomic E-state index is 0.281. The van der Waals surface area contributed by atoms with E-state index in [0.29, 0.717) is 6.54 Å². The van der Waals surface area contributed by atoms with Crippen LogP contribution in [-0.2, 0) is 6.54 Å². The van der Waals surface area contributed by atoms with Crippen molar-refractivity contribution in [1.29, 1.82) is 0 Å². The molecule has 4 rings (SSSR count). The number of hydrogen-bond acceptors (Lipinski definition) is 5. The van der Waals surface area contributed by atoms with Crippen LogP contribution in [0.2, 0.25) is 5.02 Å². The van der Waals surface area contributed by atoms with Crippen molar-refractivity contribution in [3.8, 4) is 22.8 Å². The van der Waals surface area contributed by atoms with Gasteiger partial charge in [-0.05, 0) is 35.9 Å². The van der Waals surface area contributed by atoms with Crippen LogP contribution in [0.25, 0.3) is 11.3 Å². The van der Waals surface area contributed by atoms with Crippen molar-refractivity contribution in [2.45, 2.75) is 6.54 Å². The van der Waals surface area contributed by atoms with E-state index in [1.807, 2.05) is 47.8 Å². The molecular weight excluding hydrogens is 332 g/mol. The second-order valence-electron chi connectivity index (χ2n) is 5.09. The van der Waals surface area contributed by atoms with E-state index in [1.54, 1.807) is 11.3 Å². The number of nitrogens with zero attached hydrogens (tertiary/aromatic N) is 1. The second kappa shape index (κ2) is 6.10. The van der Waals surface area contributed by atoms with Gasteiger partial charge in [0.25, 0.3) is 0 Å². The maximum atomic E-state index is 5.89. The number of halogens is 1. The largest absolute Gasteiger partial charge is 0.454 e. The fourth-order valence-electron chi connectivity index (χ4n) is 2.32. The fourth-order valence-corrected chi connectivity index (χ4v) is 3.17. The van der Waals surface area contributed by atoms with Gasteiger partial charge in [0.2, 0.25) is 6.79 Å². The van der Waals surface area contributed by atoms with Gasteiger partial charge in [-0.3, -0.25) is 0 Å². The van der Waals surface area contributed by atoms with Crippen molar-refractivity contribution in [3.63, 3.8) is 0 Å². The smallest absolute Gasteiger partial charge is 0.231 e. The van der Waals surface area contributed by atoms with Gasteiger partial charge < -0.3 is 14.8 Å². The number of ether oxygens (including phenoxy) is 2. The summed E-state index contributed by atoms with van der Waals surface area (Å²) in [5.74, 6) is 1.55. The molecule has 0 saturated carbocycles. The van der Waals surface area contributed by atoms with Crippen LogP contribution < -0.4 is 14.8 Å². The number of nitrogens with one attached hydrogen (secondary N) is 1. The Morgan fingerprint density at radius 3 is 2.78 bits per heavy atom. The average Bonchev–Trinajstić information content (AvgIpc) is 3.22. The van der Waals surface area contributed by atoms with E-state index < -0.39 is 0 Å². The molecule has 0 spiro atoms. The fraction of sp³-hybridized carbons (Fsp3) is 0.118.